The van der Waals surface area contributed by atoms with Crippen molar-refractivity contribution >= 4 is 17.7 Å². The molecule has 0 radical (unpaired) electrons. The molecule has 0 bridgehead atoms. The van der Waals surface area contributed by atoms with Gasteiger partial charge >= 0.3 is 0 Å². The third-order valence-corrected chi connectivity index (χ3v) is 3.53. The first-order chi connectivity index (χ1) is 7.04. The van der Waals surface area contributed by atoms with Gasteiger partial charge in [0.2, 0.25) is 5.91 Å². The average molecular weight is 228 g/mol. The second kappa shape index (κ2) is 5.18. The van der Waals surface area contributed by atoms with Crippen molar-refractivity contribution in [3.63, 3.8) is 0 Å². The molecule has 2 unspecified atom stereocenters. The van der Waals surface area contributed by atoms with Gasteiger partial charge in [-0.2, -0.15) is 5.10 Å². The van der Waals surface area contributed by atoms with Crippen molar-refractivity contribution in [2.75, 3.05) is 0 Å². The molecule has 0 saturated heterocycles. The van der Waals surface area contributed by atoms with Gasteiger partial charge in [-0.05, 0) is 0 Å². The van der Waals surface area contributed by atoms with Gasteiger partial charge in [-0.25, -0.2) is 5.84 Å². The molecule has 0 saturated carbocycles. The highest BCUT2D eigenvalue weighted by atomic mass is 32.2. The Morgan fingerprint density at radius 3 is 2.80 bits per heavy atom. The molecule has 1 rings (SSSR count). The van der Waals surface area contributed by atoms with E-state index < -0.39 is 0 Å². The minimum atomic E-state index is -0.140. The fourth-order valence-corrected chi connectivity index (χ4v) is 2.20. The Bertz CT molecular complexity index is 339. The number of hydrogen-bond acceptors (Lipinski definition) is 4. The lowest BCUT2D eigenvalue weighted by Gasteiger charge is -2.16. The highest BCUT2D eigenvalue weighted by molar-refractivity contribution is 8.00. The molecule has 0 spiro atoms. The second-order valence-corrected chi connectivity index (χ2v) is 4.92. The van der Waals surface area contributed by atoms with Crippen LogP contribution < -0.4 is 11.3 Å². The van der Waals surface area contributed by atoms with Gasteiger partial charge in [0.15, 0.2) is 0 Å². The maximum absolute atomic E-state index is 11.3. The molecule has 0 aromatic carbocycles. The lowest BCUT2D eigenvalue weighted by molar-refractivity contribution is -0.124. The van der Waals surface area contributed by atoms with Crippen molar-refractivity contribution in [2.24, 2.45) is 18.8 Å². The van der Waals surface area contributed by atoms with Crippen LogP contribution in [0.15, 0.2) is 17.3 Å². The summed E-state index contributed by atoms with van der Waals surface area (Å²) < 4.78 is 1.74. The van der Waals surface area contributed by atoms with Crippen LogP contribution >= 0.6 is 11.8 Å². The zero-order valence-electron chi connectivity index (χ0n) is 9.10. The molecule has 0 fully saturated rings. The van der Waals surface area contributed by atoms with Crippen molar-refractivity contribution in [1.29, 1.82) is 0 Å². The average Bonchev–Trinajstić information content (AvgIpc) is 2.61. The molecular formula is C9H16N4OS. The van der Waals surface area contributed by atoms with Gasteiger partial charge in [0.1, 0.15) is 0 Å². The van der Waals surface area contributed by atoms with Crippen molar-refractivity contribution in [3.8, 4) is 0 Å². The van der Waals surface area contributed by atoms with Crippen molar-refractivity contribution in [1.82, 2.24) is 15.2 Å². The molecule has 0 aliphatic carbocycles. The first-order valence-electron chi connectivity index (χ1n) is 4.70. The van der Waals surface area contributed by atoms with E-state index >= 15 is 0 Å². The number of thioether (sulfide) groups is 1. The number of hydrazine groups is 1. The third-order valence-electron chi connectivity index (χ3n) is 2.26. The number of rotatable bonds is 4. The van der Waals surface area contributed by atoms with Gasteiger partial charge in [0, 0.05) is 29.3 Å². The van der Waals surface area contributed by atoms with Crippen LogP contribution in [0.25, 0.3) is 0 Å². The number of carbonyl (C=O) groups excluding carboxylic acids is 1. The SMILES string of the molecule is CC(Sc1cnn(C)c1)C(C)C(=O)NN. The van der Waals surface area contributed by atoms with E-state index in [1.807, 2.05) is 27.1 Å². The normalized spacial score (nSPS) is 14.7. The van der Waals surface area contributed by atoms with E-state index in [0.717, 1.165) is 4.90 Å². The summed E-state index contributed by atoms with van der Waals surface area (Å²) in [5.74, 6) is 4.82. The van der Waals surface area contributed by atoms with Crippen molar-refractivity contribution in [2.45, 2.75) is 24.0 Å². The molecule has 1 aromatic rings. The Morgan fingerprint density at radius 2 is 2.33 bits per heavy atom. The maximum Gasteiger partial charge on any atom is 0.237 e. The second-order valence-electron chi connectivity index (χ2n) is 3.47. The fraction of sp³-hybridized carbons (Fsp3) is 0.556. The number of nitrogens with one attached hydrogen (secondary N) is 1. The smallest absolute Gasteiger partial charge is 0.237 e. The molecule has 2 atom stereocenters. The van der Waals surface area contributed by atoms with Crippen LogP contribution in [0, 0.1) is 5.92 Å². The molecule has 1 heterocycles. The zero-order valence-corrected chi connectivity index (χ0v) is 9.91. The number of aryl methyl sites for hydroxylation is 1. The monoisotopic (exact) mass is 228 g/mol. The van der Waals surface area contributed by atoms with Gasteiger partial charge in [0.25, 0.3) is 0 Å². The molecule has 5 nitrogen and oxygen atoms in total. The molecule has 15 heavy (non-hydrogen) atoms. The minimum Gasteiger partial charge on any atom is -0.294 e. The van der Waals surface area contributed by atoms with Gasteiger partial charge in [-0.3, -0.25) is 14.9 Å². The number of amides is 1. The van der Waals surface area contributed by atoms with Gasteiger partial charge in [-0.1, -0.05) is 13.8 Å². The topological polar surface area (TPSA) is 72.9 Å². The number of nitrogens with zero attached hydrogens (tertiary/aromatic N) is 2. The standard InChI is InChI=1S/C9H16N4OS/c1-6(9(14)12-10)7(2)15-8-4-11-13(3)5-8/h4-7H,10H2,1-3H3,(H,12,14). The first-order valence-corrected chi connectivity index (χ1v) is 5.58. The van der Waals surface area contributed by atoms with Gasteiger partial charge in [-0.15, -0.1) is 11.8 Å². The largest absolute Gasteiger partial charge is 0.294 e. The van der Waals surface area contributed by atoms with E-state index in [2.05, 4.69) is 10.5 Å². The van der Waals surface area contributed by atoms with E-state index in [9.17, 15) is 4.79 Å². The quantitative estimate of drug-likeness (QED) is 0.341. The first kappa shape index (κ1) is 12.1. The maximum atomic E-state index is 11.3. The van der Waals surface area contributed by atoms with Crippen molar-refractivity contribution < 1.29 is 4.79 Å². The lowest BCUT2D eigenvalue weighted by atomic mass is 10.1. The molecule has 1 aromatic heterocycles. The Balaban J connectivity index is 2.55. The third kappa shape index (κ3) is 3.24. The molecular weight excluding hydrogens is 212 g/mol. The predicted octanol–water partition coefficient (Wildman–Crippen LogP) is 0.527. The Morgan fingerprint density at radius 1 is 1.67 bits per heavy atom. The predicted molar refractivity (Wildman–Crippen MR) is 60.0 cm³/mol. The molecule has 3 N–H and O–H groups in total. The molecule has 6 heteroatoms. The number of carbonyl (C=O) groups is 1. The summed E-state index contributed by atoms with van der Waals surface area (Å²) in [6.07, 6.45) is 3.71. The van der Waals surface area contributed by atoms with Gasteiger partial charge in [0.05, 0.1) is 6.20 Å². The van der Waals surface area contributed by atoms with Crippen LogP contribution in [-0.4, -0.2) is 20.9 Å². The van der Waals surface area contributed by atoms with Crippen LogP contribution in [0.3, 0.4) is 0 Å². The van der Waals surface area contributed by atoms with Crippen LogP contribution in [0.5, 0.6) is 0 Å². The van der Waals surface area contributed by atoms with E-state index in [0.29, 0.717) is 0 Å². The Labute approximate surface area is 93.4 Å². The summed E-state index contributed by atoms with van der Waals surface area (Å²) in [6, 6.07) is 0. The molecule has 0 aliphatic heterocycles. The summed E-state index contributed by atoms with van der Waals surface area (Å²) in [5, 5.41) is 4.23. The van der Waals surface area contributed by atoms with Crippen LogP contribution in [0.2, 0.25) is 0 Å². The van der Waals surface area contributed by atoms with Crippen molar-refractivity contribution in [3.05, 3.63) is 12.4 Å². The van der Waals surface area contributed by atoms with E-state index in [1.54, 1.807) is 22.6 Å². The highest BCUT2D eigenvalue weighted by Crippen LogP contribution is 2.27. The number of hydrogen-bond donors (Lipinski definition) is 2. The Hall–Kier alpha value is -1.01. The summed E-state index contributed by atoms with van der Waals surface area (Å²) in [6.45, 7) is 3.85. The zero-order chi connectivity index (χ0) is 11.4. The number of aromatic nitrogens is 2. The Kier molecular flexibility index (Phi) is 4.16. The van der Waals surface area contributed by atoms with E-state index in [4.69, 9.17) is 5.84 Å². The minimum absolute atomic E-state index is 0.125. The summed E-state index contributed by atoms with van der Waals surface area (Å²) in [5.41, 5.74) is 2.16. The summed E-state index contributed by atoms with van der Waals surface area (Å²) in [4.78, 5) is 12.3. The van der Waals surface area contributed by atoms with Crippen LogP contribution in [0.1, 0.15) is 13.8 Å². The molecule has 0 aliphatic rings. The molecule has 1 amide bonds. The fourth-order valence-electron chi connectivity index (χ4n) is 1.12. The van der Waals surface area contributed by atoms with E-state index in [1.165, 1.54) is 0 Å². The van der Waals surface area contributed by atoms with E-state index in [-0.39, 0.29) is 17.1 Å². The summed E-state index contributed by atoms with van der Waals surface area (Å²) >= 11 is 1.62. The van der Waals surface area contributed by atoms with Crippen LogP contribution in [-0.2, 0) is 11.8 Å². The highest BCUT2D eigenvalue weighted by Gasteiger charge is 2.20. The lowest BCUT2D eigenvalue weighted by Crippen LogP contribution is -2.38. The molecule has 84 valence electrons. The number of nitrogens with two attached hydrogens (primary N) is 1. The van der Waals surface area contributed by atoms with Crippen LogP contribution in [0.4, 0.5) is 0 Å². The summed E-state index contributed by atoms with van der Waals surface area (Å²) in [7, 11) is 1.87. The van der Waals surface area contributed by atoms with Gasteiger partial charge < -0.3 is 0 Å².